The summed E-state index contributed by atoms with van der Waals surface area (Å²) in [6.07, 6.45) is 0. The predicted molar refractivity (Wildman–Crippen MR) is 237 cm³/mol. The Bertz CT molecular complexity index is 2790. The smallest absolute Gasteiger partial charge is 0.143 e. The zero-order valence-corrected chi connectivity index (χ0v) is 31.8. The van der Waals surface area contributed by atoms with E-state index in [-0.39, 0.29) is 0 Å². The zero-order chi connectivity index (χ0) is 38.4. The molecule has 9 aromatic rings. The summed E-state index contributed by atoms with van der Waals surface area (Å²) in [4.78, 5) is 5.07. The topological polar surface area (TPSA) is 52.8 Å². The van der Waals surface area contributed by atoms with Gasteiger partial charge >= 0.3 is 0 Å². The van der Waals surface area contributed by atoms with Crippen LogP contribution in [0.4, 0.5) is 11.4 Å². The Morgan fingerprint density at radius 2 is 1.18 bits per heavy atom. The average molecular weight is 739 g/mol. The van der Waals surface area contributed by atoms with Crippen LogP contribution in [0.25, 0.3) is 55.3 Å². The predicted octanol–water partition coefficient (Wildman–Crippen LogP) is 12.9. The third-order valence-corrected chi connectivity index (χ3v) is 10.3. The van der Waals surface area contributed by atoms with Crippen molar-refractivity contribution in [1.82, 2.24) is 10.4 Å². The van der Waals surface area contributed by atoms with Crippen molar-refractivity contribution in [2.24, 2.45) is 4.99 Å². The van der Waals surface area contributed by atoms with Crippen LogP contribution < -0.4 is 10.7 Å². The normalized spacial score (nSPS) is 11.6. The van der Waals surface area contributed by atoms with Gasteiger partial charge in [-0.3, -0.25) is 4.99 Å². The Morgan fingerprint density at radius 3 is 1.98 bits per heavy atom. The van der Waals surface area contributed by atoms with Gasteiger partial charge in [0, 0.05) is 52.4 Å². The van der Waals surface area contributed by atoms with Crippen LogP contribution in [-0.4, -0.2) is 17.9 Å². The van der Waals surface area contributed by atoms with E-state index in [0.29, 0.717) is 6.54 Å². The van der Waals surface area contributed by atoms with Gasteiger partial charge in [-0.2, -0.15) is 0 Å². The van der Waals surface area contributed by atoms with Crippen molar-refractivity contribution in [3.05, 3.63) is 217 Å². The van der Waals surface area contributed by atoms with Crippen LogP contribution in [0, 0.1) is 0 Å². The lowest BCUT2D eigenvalue weighted by Gasteiger charge is -2.21. The van der Waals surface area contributed by atoms with Crippen molar-refractivity contribution >= 4 is 39.1 Å². The molecule has 0 saturated carbocycles. The van der Waals surface area contributed by atoms with Crippen LogP contribution in [-0.2, 0) is 13.1 Å². The number of para-hydroxylation sites is 2. The molecule has 0 radical (unpaired) electrons. The van der Waals surface area contributed by atoms with Crippen molar-refractivity contribution in [1.29, 1.82) is 0 Å². The van der Waals surface area contributed by atoms with Crippen LogP contribution in [0.5, 0.6) is 0 Å². The number of hydrazine groups is 1. The second-order valence-corrected chi connectivity index (χ2v) is 14.3. The quantitative estimate of drug-likeness (QED) is 0.0788. The maximum absolute atomic E-state index is 6.47. The molecule has 5 heteroatoms. The van der Waals surface area contributed by atoms with E-state index in [2.05, 4.69) is 180 Å². The van der Waals surface area contributed by atoms with Gasteiger partial charge in [-0.05, 0) is 63.7 Å². The van der Waals surface area contributed by atoms with Gasteiger partial charge in [0.1, 0.15) is 17.0 Å². The first-order valence-electron chi connectivity index (χ1n) is 19.3. The summed E-state index contributed by atoms with van der Waals surface area (Å²) in [5.74, 6) is 0.829. The number of fused-ring (bicyclic) bond motifs is 3. The van der Waals surface area contributed by atoms with Gasteiger partial charge in [-0.15, -0.1) is 0 Å². The highest BCUT2D eigenvalue weighted by atomic mass is 16.3. The first kappa shape index (κ1) is 35.5. The Hall–Kier alpha value is -7.21. The Morgan fingerprint density at radius 1 is 0.526 bits per heavy atom. The maximum Gasteiger partial charge on any atom is 0.143 e. The molecule has 1 heterocycles. The van der Waals surface area contributed by atoms with E-state index in [1.54, 1.807) is 0 Å². The number of aliphatic imine (C=N–C) groups is 1. The first-order valence-corrected chi connectivity index (χ1v) is 19.3. The number of rotatable bonds is 11. The number of benzene rings is 8. The van der Waals surface area contributed by atoms with E-state index < -0.39 is 0 Å². The summed E-state index contributed by atoms with van der Waals surface area (Å²) < 4.78 is 6.47. The number of nitrogens with one attached hydrogen (secondary N) is 2. The molecular formula is C52H42N4O. The minimum atomic E-state index is 0.533. The van der Waals surface area contributed by atoms with Gasteiger partial charge in [-0.25, -0.2) is 5.01 Å². The van der Waals surface area contributed by atoms with E-state index in [0.717, 1.165) is 79.1 Å². The molecule has 0 bridgehead atoms. The SMILES string of the molecule is CN(Cc1ccccc1)N/C(=N\Cc1ccc(Nc2cc(-c3cccc4c3oc3ccccc34)ccc2-c2cccc(-c3ccccc3)c2)cc1)c1ccccc1. The molecule has 9 rings (SSSR count). The largest absolute Gasteiger partial charge is 0.455 e. The Balaban J connectivity index is 1.03. The molecule has 8 aromatic carbocycles. The highest BCUT2D eigenvalue weighted by Crippen LogP contribution is 2.40. The number of furan rings is 1. The fourth-order valence-corrected chi connectivity index (χ4v) is 7.42. The van der Waals surface area contributed by atoms with E-state index in [1.807, 2.05) is 43.4 Å². The number of hydrogen-bond acceptors (Lipinski definition) is 4. The molecule has 57 heavy (non-hydrogen) atoms. The molecule has 0 aliphatic rings. The number of nitrogens with zero attached hydrogens (tertiary/aromatic N) is 2. The fraction of sp³-hybridized carbons (Fsp3) is 0.0577. The summed E-state index contributed by atoms with van der Waals surface area (Å²) in [7, 11) is 2.05. The van der Waals surface area contributed by atoms with Crippen LogP contribution >= 0.6 is 0 Å². The number of hydrogen-bond donors (Lipinski definition) is 2. The van der Waals surface area contributed by atoms with Gasteiger partial charge in [-0.1, -0.05) is 170 Å². The van der Waals surface area contributed by atoms with Crippen LogP contribution in [0.1, 0.15) is 16.7 Å². The highest BCUT2D eigenvalue weighted by Gasteiger charge is 2.15. The van der Waals surface area contributed by atoms with E-state index in [1.165, 1.54) is 16.7 Å². The average Bonchev–Trinajstić information content (AvgIpc) is 3.66. The molecule has 0 aliphatic carbocycles. The lowest BCUT2D eigenvalue weighted by atomic mass is 9.95. The van der Waals surface area contributed by atoms with Gasteiger partial charge in [0.15, 0.2) is 0 Å². The molecular weight excluding hydrogens is 697 g/mol. The number of amidine groups is 1. The molecule has 0 unspecified atom stereocenters. The van der Waals surface area contributed by atoms with Crippen LogP contribution in [0.3, 0.4) is 0 Å². The van der Waals surface area contributed by atoms with Crippen molar-refractivity contribution in [2.45, 2.75) is 13.1 Å². The highest BCUT2D eigenvalue weighted by molar-refractivity contribution is 6.09. The minimum absolute atomic E-state index is 0.533. The monoisotopic (exact) mass is 738 g/mol. The van der Waals surface area contributed by atoms with Gasteiger partial charge in [0.25, 0.3) is 0 Å². The molecule has 0 fully saturated rings. The van der Waals surface area contributed by atoms with Crippen LogP contribution in [0.15, 0.2) is 210 Å². The second-order valence-electron chi connectivity index (χ2n) is 14.3. The molecule has 1 aromatic heterocycles. The summed E-state index contributed by atoms with van der Waals surface area (Å²) >= 11 is 0. The first-order chi connectivity index (χ1) is 28.1. The Kier molecular flexibility index (Phi) is 10.1. The van der Waals surface area contributed by atoms with Gasteiger partial charge in [0.2, 0.25) is 0 Å². The van der Waals surface area contributed by atoms with E-state index in [9.17, 15) is 0 Å². The van der Waals surface area contributed by atoms with Gasteiger partial charge in [0.05, 0.1) is 6.54 Å². The third kappa shape index (κ3) is 7.97. The lowest BCUT2D eigenvalue weighted by Crippen LogP contribution is -2.39. The third-order valence-electron chi connectivity index (χ3n) is 10.3. The molecule has 5 nitrogen and oxygen atoms in total. The Labute approximate surface area is 333 Å². The standard InChI is InChI=1S/C52H42N4O/c1-56(36-38-15-5-2-6-16-38)55-52(40-19-9-4-10-20-40)53-35-37-27-30-44(31-28-37)54-49-34-43(46-24-14-25-48-47-23-11-12-26-50(47)57-51(46)48)29-32-45(49)42-22-13-21-41(33-42)39-17-7-3-8-18-39/h2-34,54H,35-36H2,1H3,(H,53,55). The van der Waals surface area contributed by atoms with Crippen LogP contribution in [0.2, 0.25) is 0 Å². The van der Waals surface area contributed by atoms with E-state index in [4.69, 9.17) is 9.41 Å². The van der Waals surface area contributed by atoms with E-state index >= 15 is 0 Å². The fourth-order valence-electron chi connectivity index (χ4n) is 7.42. The van der Waals surface area contributed by atoms with Crippen molar-refractivity contribution < 1.29 is 4.42 Å². The van der Waals surface area contributed by atoms with Crippen molar-refractivity contribution in [2.75, 3.05) is 12.4 Å². The molecule has 0 amide bonds. The van der Waals surface area contributed by atoms with Gasteiger partial charge < -0.3 is 15.2 Å². The zero-order valence-electron chi connectivity index (χ0n) is 31.8. The van der Waals surface area contributed by atoms with Crippen molar-refractivity contribution in [3.63, 3.8) is 0 Å². The minimum Gasteiger partial charge on any atom is -0.455 e. The van der Waals surface area contributed by atoms with Crippen molar-refractivity contribution in [3.8, 4) is 33.4 Å². The molecule has 0 atom stereocenters. The summed E-state index contributed by atoms with van der Waals surface area (Å²) in [6, 6.07) is 69.9. The number of anilines is 2. The molecule has 0 aliphatic heterocycles. The summed E-state index contributed by atoms with van der Waals surface area (Å²) in [5, 5.41) is 8.11. The molecule has 276 valence electrons. The summed E-state index contributed by atoms with van der Waals surface area (Å²) in [5.41, 5.74) is 17.4. The summed E-state index contributed by atoms with van der Waals surface area (Å²) in [6.45, 7) is 1.28. The maximum atomic E-state index is 6.47. The second kappa shape index (κ2) is 16.3. The molecule has 2 N–H and O–H groups in total. The molecule has 0 spiro atoms. The lowest BCUT2D eigenvalue weighted by molar-refractivity contribution is 0.284. The molecule has 0 saturated heterocycles.